The van der Waals surface area contributed by atoms with Gasteiger partial charge in [-0.1, -0.05) is 30.3 Å². The van der Waals surface area contributed by atoms with Crippen LogP contribution in [-0.4, -0.2) is 65.2 Å². The van der Waals surface area contributed by atoms with Gasteiger partial charge in [0.1, 0.15) is 0 Å². The summed E-state index contributed by atoms with van der Waals surface area (Å²) in [6.45, 7) is 0.937. The molecule has 11 heteroatoms. The molecule has 1 aliphatic rings. The van der Waals surface area contributed by atoms with E-state index in [1.54, 1.807) is 28.6 Å². The third kappa shape index (κ3) is 5.20. The maximum Gasteiger partial charge on any atom is 0.289 e. The molecule has 1 N–H and O–H groups in total. The van der Waals surface area contributed by atoms with Crippen molar-refractivity contribution in [1.82, 2.24) is 24.1 Å². The molecule has 4 rings (SSSR count). The molecule has 1 aliphatic heterocycles. The smallest absolute Gasteiger partial charge is 0.289 e. The van der Waals surface area contributed by atoms with Crippen molar-refractivity contribution in [2.75, 3.05) is 26.2 Å². The summed E-state index contributed by atoms with van der Waals surface area (Å²) >= 11 is 0. The monoisotopic (exact) mass is 485 g/mol. The molecule has 1 unspecified atom stereocenters. The molecule has 0 bridgehead atoms. The van der Waals surface area contributed by atoms with E-state index < -0.39 is 16.1 Å². The lowest BCUT2D eigenvalue weighted by molar-refractivity contribution is -0.122. The number of nitrogens with zero attached hydrogens (tertiary/aromatic N) is 4. The zero-order chi connectivity index (χ0) is 24.1. The van der Waals surface area contributed by atoms with Crippen molar-refractivity contribution in [2.45, 2.75) is 23.9 Å². The fourth-order valence-electron chi connectivity index (χ4n) is 4.01. The quantitative estimate of drug-likeness (QED) is 0.602. The van der Waals surface area contributed by atoms with Crippen molar-refractivity contribution in [3.8, 4) is 0 Å². The molecule has 1 saturated heterocycles. The number of benzene rings is 1. The molecular weight excluding hydrogens is 458 g/mol. The van der Waals surface area contributed by atoms with Gasteiger partial charge in [0, 0.05) is 45.8 Å². The van der Waals surface area contributed by atoms with Crippen LogP contribution in [0.15, 0.2) is 70.7 Å². The number of carbonyl (C=O) groups excluding carboxylic acids is 2. The number of amides is 2. The Labute approximate surface area is 198 Å². The standard InChI is InChI=1S/C23H27N5O5S/c1-26-16-22(25-17-26)34(31,32)28-12-6-11-27(23(30)20-9-5-14-33-20)13-10-24-21(29)15-19(28)18-7-3-2-4-8-18/h2-5,7-9,14,16-17,19H,6,10-13,15H2,1H3,(H,24,29). The summed E-state index contributed by atoms with van der Waals surface area (Å²) in [5, 5.41) is 2.73. The van der Waals surface area contributed by atoms with Crippen molar-refractivity contribution >= 4 is 21.8 Å². The van der Waals surface area contributed by atoms with Crippen molar-refractivity contribution in [2.24, 2.45) is 7.05 Å². The van der Waals surface area contributed by atoms with Crippen LogP contribution in [0, 0.1) is 0 Å². The summed E-state index contributed by atoms with van der Waals surface area (Å²) in [6.07, 6.45) is 4.60. The third-order valence-corrected chi connectivity index (χ3v) is 7.49. The Balaban J connectivity index is 1.68. The van der Waals surface area contributed by atoms with Gasteiger partial charge in [-0.2, -0.15) is 4.31 Å². The first-order valence-electron chi connectivity index (χ1n) is 11.0. The summed E-state index contributed by atoms with van der Waals surface area (Å²) in [5.74, 6) is -0.416. The number of furan rings is 1. The molecule has 10 nitrogen and oxygen atoms in total. The number of hydrogen-bond acceptors (Lipinski definition) is 6. The zero-order valence-electron chi connectivity index (χ0n) is 18.8. The minimum absolute atomic E-state index is 0.0534. The lowest BCUT2D eigenvalue weighted by atomic mass is 10.0. The Hall–Kier alpha value is -3.44. The van der Waals surface area contributed by atoms with E-state index in [2.05, 4.69) is 10.3 Å². The lowest BCUT2D eigenvalue weighted by Gasteiger charge is -2.30. The highest BCUT2D eigenvalue weighted by molar-refractivity contribution is 7.89. The van der Waals surface area contributed by atoms with Gasteiger partial charge in [-0.3, -0.25) is 9.59 Å². The summed E-state index contributed by atoms with van der Waals surface area (Å²) in [7, 11) is -2.33. The molecule has 180 valence electrons. The summed E-state index contributed by atoms with van der Waals surface area (Å²) < 4.78 is 35.5. The minimum atomic E-state index is -4.02. The van der Waals surface area contributed by atoms with Crippen LogP contribution in [0.5, 0.6) is 0 Å². The Morgan fingerprint density at radius 3 is 2.59 bits per heavy atom. The van der Waals surface area contributed by atoms with Gasteiger partial charge in [0.05, 0.1) is 18.6 Å². The minimum Gasteiger partial charge on any atom is -0.459 e. The fourth-order valence-corrected chi connectivity index (χ4v) is 5.63. The first kappa shape index (κ1) is 23.7. The van der Waals surface area contributed by atoms with Crippen LogP contribution in [0.4, 0.5) is 0 Å². The fraction of sp³-hybridized carbons (Fsp3) is 0.348. The normalized spacial score (nSPS) is 18.8. The van der Waals surface area contributed by atoms with Crippen molar-refractivity contribution in [3.63, 3.8) is 0 Å². The SMILES string of the molecule is Cn1cnc(S(=O)(=O)N2CCCN(C(=O)c3ccco3)CCNC(=O)CC2c2ccccc2)c1. The topological polar surface area (TPSA) is 118 Å². The second-order valence-corrected chi connectivity index (χ2v) is 9.93. The highest BCUT2D eigenvalue weighted by Gasteiger charge is 2.35. The first-order chi connectivity index (χ1) is 16.4. The Morgan fingerprint density at radius 2 is 1.91 bits per heavy atom. The maximum atomic E-state index is 13.7. The average molecular weight is 486 g/mol. The van der Waals surface area contributed by atoms with Gasteiger partial charge in [-0.05, 0) is 24.1 Å². The van der Waals surface area contributed by atoms with Crippen molar-refractivity contribution in [3.05, 3.63) is 72.6 Å². The molecule has 0 radical (unpaired) electrons. The summed E-state index contributed by atoms with van der Waals surface area (Å²) in [5.41, 5.74) is 0.708. The number of carbonyl (C=O) groups is 2. The van der Waals surface area contributed by atoms with Gasteiger partial charge in [0.2, 0.25) is 5.91 Å². The summed E-state index contributed by atoms with van der Waals surface area (Å²) in [4.78, 5) is 31.3. The van der Waals surface area contributed by atoms with Gasteiger partial charge in [0.25, 0.3) is 15.9 Å². The molecule has 1 atom stereocenters. The lowest BCUT2D eigenvalue weighted by Crippen LogP contribution is -2.39. The zero-order valence-corrected chi connectivity index (χ0v) is 19.6. The highest BCUT2D eigenvalue weighted by atomic mass is 32.2. The van der Waals surface area contributed by atoms with Crippen LogP contribution in [0.25, 0.3) is 0 Å². The van der Waals surface area contributed by atoms with Gasteiger partial charge >= 0.3 is 0 Å². The molecular formula is C23H27N5O5S. The van der Waals surface area contributed by atoms with Crippen molar-refractivity contribution < 1.29 is 22.4 Å². The average Bonchev–Trinajstić information content (AvgIpc) is 3.51. The highest BCUT2D eigenvalue weighted by Crippen LogP contribution is 2.30. The van der Waals surface area contributed by atoms with E-state index in [9.17, 15) is 18.0 Å². The molecule has 1 aromatic carbocycles. The molecule has 2 aromatic heterocycles. The van der Waals surface area contributed by atoms with Crippen LogP contribution in [-0.2, 0) is 21.9 Å². The van der Waals surface area contributed by atoms with E-state index in [1.165, 1.54) is 23.1 Å². The number of hydrogen-bond donors (Lipinski definition) is 1. The molecule has 0 aliphatic carbocycles. The van der Waals surface area contributed by atoms with E-state index in [0.29, 0.717) is 18.5 Å². The van der Waals surface area contributed by atoms with E-state index in [1.807, 2.05) is 30.3 Å². The molecule has 1 fully saturated rings. The van der Waals surface area contributed by atoms with Gasteiger partial charge in [-0.25, -0.2) is 13.4 Å². The molecule has 0 saturated carbocycles. The molecule has 34 heavy (non-hydrogen) atoms. The van der Waals surface area contributed by atoms with Crippen LogP contribution < -0.4 is 5.32 Å². The number of sulfonamides is 1. The number of rotatable bonds is 4. The Morgan fingerprint density at radius 1 is 1.12 bits per heavy atom. The van der Waals surface area contributed by atoms with Gasteiger partial charge in [0.15, 0.2) is 10.8 Å². The van der Waals surface area contributed by atoms with Crippen molar-refractivity contribution in [1.29, 1.82) is 0 Å². The van der Waals surface area contributed by atoms with Crippen LogP contribution in [0.3, 0.4) is 0 Å². The third-order valence-electron chi connectivity index (χ3n) is 5.69. The molecule has 2 amide bonds. The predicted molar refractivity (Wildman–Crippen MR) is 123 cm³/mol. The Kier molecular flexibility index (Phi) is 7.13. The van der Waals surface area contributed by atoms with Gasteiger partial charge in [-0.15, -0.1) is 0 Å². The van der Waals surface area contributed by atoms with E-state index in [0.717, 1.165) is 0 Å². The van der Waals surface area contributed by atoms with E-state index in [-0.39, 0.29) is 48.7 Å². The van der Waals surface area contributed by atoms with Crippen LogP contribution in [0.1, 0.15) is 35.0 Å². The second kappa shape index (κ2) is 10.2. The van der Waals surface area contributed by atoms with Crippen LogP contribution in [0.2, 0.25) is 0 Å². The largest absolute Gasteiger partial charge is 0.459 e. The molecule has 0 spiro atoms. The predicted octanol–water partition coefficient (Wildman–Crippen LogP) is 1.80. The first-order valence-corrected chi connectivity index (χ1v) is 12.4. The molecule has 3 heterocycles. The molecule has 3 aromatic rings. The number of aryl methyl sites for hydroxylation is 1. The number of imidazole rings is 1. The number of nitrogens with one attached hydrogen (secondary N) is 1. The van der Waals surface area contributed by atoms with Crippen LogP contribution >= 0.6 is 0 Å². The van der Waals surface area contributed by atoms with Gasteiger partial charge < -0.3 is 19.2 Å². The van der Waals surface area contributed by atoms with E-state index >= 15 is 0 Å². The maximum absolute atomic E-state index is 13.7. The Bertz CT molecular complexity index is 1220. The second-order valence-electron chi connectivity index (χ2n) is 8.10. The number of aromatic nitrogens is 2. The van der Waals surface area contributed by atoms with E-state index in [4.69, 9.17) is 4.42 Å². The summed E-state index contributed by atoms with van der Waals surface area (Å²) in [6, 6.07) is 11.6.